The van der Waals surface area contributed by atoms with Crippen LogP contribution in [0.2, 0.25) is 0 Å². The standard InChI is InChI=1S/C11H20N6O2S/c1-16-3-4-17(2)9(8-16)5-15-20(18,19)10-6-13-11(12)14-7-10/h6-7,9,15H,3-5,8H2,1-2H3,(H2,12,13,14). The average molecular weight is 300 g/mol. The fourth-order valence-corrected chi connectivity index (χ4v) is 3.04. The maximum absolute atomic E-state index is 12.1. The lowest BCUT2D eigenvalue weighted by Crippen LogP contribution is -2.54. The second-order valence-electron chi connectivity index (χ2n) is 5.03. The molecule has 0 radical (unpaired) electrons. The summed E-state index contributed by atoms with van der Waals surface area (Å²) in [5.74, 6) is 0.0533. The highest BCUT2D eigenvalue weighted by Crippen LogP contribution is 2.09. The number of anilines is 1. The normalized spacial score (nSPS) is 22.0. The smallest absolute Gasteiger partial charge is 0.243 e. The van der Waals surface area contributed by atoms with Crippen LogP contribution in [0.15, 0.2) is 17.3 Å². The van der Waals surface area contributed by atoms with Crippen molar-refractivity contribution in [3.8, 4) is 0 Å². The Labute approximate surface area is 119 Å². The molecule has 1 fully saturated rings. The molecule has 8 nitrogen and oxygen atoms in total. The van der Waals surface area contributed by atoms with Gasteiger partial charge in [0.05, 0.1) is 12.4 Å². The van der Waals surface area contributed by atoms with Gasteiger partial charge in [0.1, 0.15) is 4.90 Å². The molecule has 0 amide bonds. The minimum Gasteiger partial charge on any atom is -0.368 e. The minimum absolute atomic E-state index is 0.0264. The molecule has 0 aliphatic carbocycles. The molecular weight excluding hydrogens is 280 g/mol. The quantitative estimate of drug-likeness (QED) is 0.703. The Kier molecular flexibility index (Phi) is 4.53. The summed E-state index contributed by atoms with van der Waals surface area (Å²) in [7, 11) is 0.435. The molecule has 1 aliphatic heterocycles. The van der Waals surface area contributed by atoms with Crippen LogP contribution in [0.5, 0.6) is 0 Å². The van der Waals surface area contributed by atoms with Gasteiger partial charge in [-0.05, 0) is 14.1 Å². The molecule has 2 rings (SSSR count). The van der Waals surface area contributed by atoms with Crippen molar-refractivity contribution in [2.45, 2.75) is 10.9 Å². The van der Waals surface area contributed by atoms with Crippen molar-refractivity contribution in [3.63, 3.8) is 0 Å². The lowest BCUT2D eigenvalue weighted by Gasteiger charge is -2.37. The molecule has 1 aliphatic rings. The van der Waals surface area contributed by atoms with Gasteiger partial charge in [-0.15, -0.1) is 0 Å². The lowest BCUT2D eigenvalue weighted by atomic mass is 10.2. The molecule has 0 aromatic carbocycles. The molecular formula is C11H20N6O2S. The molecule has 1 aromatic heterocycles. The van der Waals surface area contributed by atoms with Crippen LogP contribution in [-0.4, -0.2) is 74.5 Å². The Balaban J connectivity index is 2.00. The summed E-state index contributed by atoms with van der Waals surface area (Å²) in [6.45, 7) is 3.10. The largest absolute Gasteiger partial charge is 0.368 e. The third-order valence-corrected chi connectivity index (χ3v) is 4.83. The van der Waals surface area contributed by atoms with Crippen molar-refractivity contribution in [1.82, 2.24) is 24.5 Å². The van der Waals surface area contributed by atoms with Crippen molar-refractivity contribution in [1.29, 1.82) is 0 Å². The van der Waals surface area contributed by atoms with Crippen LogP contribution in [0.1, 0.15) is 0 Å². The van der Waals surface area contributed by atoms with E-state index in [1.807, 2.05) is 14.1 Å². The Morgan fingerprint density at radius 1 is 1.35 bits per heavy atom. The molecule has 20 heavy (non-hydrogen) atoms. The van der Waals surface area contributed by atoms with Crippen LogP contribution in [0, 0.1) is 0 Å². The average Bonchev–Trinajstić information content (AvgIpc) is 2.40. The Morgan fingerprint density at radius 2 is 2.00 bits per heavy atom. The minimum atomic E-state index is -3.59. The van der Waals surface area contributed by atoms with E-state index in [1.54, 1.807) is 0 Å². The van der Waals surface area contributed by atoms with E-state index in [4.69, 9.17) is 5.73 Å². The summed E-state index contributed by atoms with van der Waals surface area (Å²) in [5.41, 5.74) is 5.34. The molecule has 112 valence electrons. The van der Waals surface area contributed by atoms with Crippen molar-refractivity contribution in [2.75, 3.05) is 46.0 Å². The zero-order valence-electron chi connectivity index (χ0n) is 11.7. The molecule has 3 N–H and O–H groups in total. The zero-order valence-corrected chi connectivity index (χ0v) is 12.5. The first-order valence-corrected chi connectivity index (χ1v) is 7.83. The molecule has 1 unspecified atom stereocenters. The van der Waals surface area contributed by atoms with E-state index >= 15 is 0 Å². The number of hydrogen-bond donors (Lipinski definition) is 2. The first kappa shape index (κ1) is 15.1. The molecule has 9 heteroatoms. The number of likely N-dealkylation sites (N-methyl/N-ethyl adjacent to an activating group) is 2. The number of piperazine rings is 1. The summed E-state index contributed by atoms with van der Waals surface area (Å²) in [4.78, 5) is 11.8. The number of aromatic nitrogens is 2. The van der Waals surface area contributed by atoms with Crippen LogP contribution in [0.4, 0.5) is 5.95 Å². The molecule has 0 bridgehead atoms. The van der Waals surface area contributed by atoms with Gasteiger partial charge in [-0.25, -0.2) is 23.1 Å². The topological polar surface area (TPSA) is 104 Å². The lowest BCUT2D eigenvalue weighted by molar-refractivity contribution is 0.117. The predicted molar refractivity (Wildman–Crippen MR) is 75.5 cm³/mol. The number of nitrogens with zero attached hydrogens (tertiary/aromatic N) is 4. The van der Waals surface area contributed by atoms with Gasteiger partial charge in [0.25, 0.3) is 0 Å². The first-order valence-electron chi connectivity index (χ1n) is 6.34. The summed E-state index contributed by atoms with van der Waals surface area (Å²) in [6.07, 6.45) is 2.42. The second kappa shape index (κ2) is 6.00. The molecule has 1 atom stereocenters. The van der Waals surface area contributed by atoms with Gasteiger partial charge >= 0.3 is 0 Å². The van der Waals surface area contributed by atoms with Gasteiger partial charge in [-0.3, -0.25) is 4.90 Å². The highest BCUT2D eigenvalue weighted by Gasteiger charge is 2.24. The van der Waals surface area contributed by atoms with Crippen LogP contribution in [0.3, 0.4) is 0 Å². The van der Waals surface area contributed by atoms with E-state index in [0.717, 1.165) is 19.6 Å². The van der Waals surface area contributed by atoms with E-state index in [2.05, 4.69) is 24.5 Å². The number of rotatable bonds is 4. The molecule has 1 aromatic rings. The number of nitrogens with one attached hydrogen (secondary N) is 1. The third-order valence-electron chi connectivity index (χ3n) is 3.45. The summed E-state index contributed by atoms with van der Waals surface area (Å²) in [6, 6.07) is 0.151. The Hall–Kier alpha value is -1.29. The SMILES string of the molecule is CN1CCN(C)C(CNS(=O)(=O)c2cnc(N)nc2)C1. The summed E-state index contributed by atoms with van der Waals surface area (Å²) < 4.78 is 26.8. The van der Waals surface area contributed by atoms with E-state index in [-0.39, 0.29) is 16.9 Å². The van der Waals surface area contributed by atoms with Gasteiger partial charge in [0.2, 0.25) is 16.0 Å². The van der Waals surface area contributed by atoms with Crippen molar-refractivity contribution in [3.05, 3.63) is 12.4 Å². The fourth-order valence-electron chi connectivity index (χ4n) is 2.08. The highest BCUT2D eigenvalue weighted by atomic mass is 32.2. The van der Waals surface area contributed by atoms with Crippen LogP contribution < -0.4 is 10.5 Å². The zero-order chi connectivity index (χ0) is 14.8. The van der Waals surface area contributed by atoms with E-state index in [1.165, 1.54) is 12.4 Å². The molecule has 1 saturated heterocycles. The number of nitrogen functional groups attached to an aromatic ring is 1. The summed E-state index contributed by atoms with van der Waals surface area (Å²) >= 11 is 0. The van der Waals surface area contributed by atoms with Gasteiger partial charge in [-0.2, -0.15) is 0 Å². The number of nitrogens with two attached hydrogens (primary N) is 1. The van der Waals surface area contributed by atoms with Crippen LogP contribution >= 0.6 is 0 Å². The van der Waals surface area contributed by atoms with Crippen molar-refractivity contribution >= 4 is 16.0 Å². The maximum Gasteiger partial charge on any atom is 0.243 e. The van der Waals surface area contributed by atoms with Crippen molar-refractivity contribution < 1.29 is 8.42 Å². The van der Waals surface area contributed by atoms with E-state index < -0.39 is 10.0 Å². The summed E-state index contributed by atoms with van der Waals surface area (Å²) in [5, 5.41) is 0. The van der Waals surface area contributed by atoms with Gasteiger partial charge in [-0.1, -0.05) is 0 Å². The van der Waals surface area contributed by atoms with Crippen molar-refractivity contribution in [2.24, 2.45) is 0 Å². The second-order valence-corrected chi connectivity index (χ2v) is 6.79. The number of sulfonamides is 1. The van der Waals surface area contributed by atoms with Crippen LogP contribution in [0.25, 0.3) is 0 Å². The van der Waals surface area contributed by atoms with Crippen LogP contribution in [-0.2, 0) is 10.0 Å². The monoisotopic (exact) mass is 300 g/mol. The first-order chi connectivity index (χ1) is 9.38. The Bertz CT molecular complexity index is 547. The van der Waals surface area contributed by atoms with Gasteiger partial charge < -0.3 is 10.6 Å². The third kappa shape index (κ3) is 3.63. The molecule has 2 heterocycles. The maximum atomic E-state index is 12.1. The van der Waals surface area contributed by atoms with Gasteiger partial charge in [0, 0.05) is 32.2 Å². The van der Waals surface area contributed by atoms with Gasteiger partial charge in [0.15, 0.2) is 0 Å². The highest BCUT2D eigenvalue weighted by molar-refractivity contribution is 7.89. The van der Waals surface area contributed by atoms with E-state index in [9.17, 15) is 8.42 Å². The number of hydrogen-bond acceptors (Lipinski definition) is 7. The Morgan fingerprint density at radius 3 is 2.65 bits per heavy atom. The molecule has 0 spiro atoms. The fraction of sp³-hybridized carbons (Fsp3) is 0.636. The predicted octanol–water partition coefficient (Wildman–Crippen LogP) is -1.42. The van der Waals surface area contributed by atoms with E-state index in [0.29, 0.717) is 6.54 Å². The molecule has 0 saturated carbocycles.